The van der Waals surface area contributed by atoms with Gasteiger partial charge in [0.15, 0.2) is 0 Å². The summed E-state index contributed by atoms with van der Waals surface area (Å²) in [5, 5.41) is 3.27. The second kappa shape index (κ2) is 6.88. The topological polar surface area (TPSA) is 96.0 Å². The van der Waals surface area contributed by atoms with Crippen LogP contribution in [0.1, 0.15) is 40.5 Å². The molecule has 27 heavy (non-hydrogen) atoms. The molecule has 1 N–H and O–H groups in total. The van der Waals surface area contributed by atoms with Crippen LogP contribution >= 0.6 is 0 Å². The predicted octanol–water partition coefficient (Wildman–Crippen LogP) is 0.444. The predicted molar refractivity (Wildman–Crippen MR) is 97.0 cm³/mol. The van der Waals surface area contributed by atoms with Crippen LogP contribution in [-0.4, -0.2) is 74.4 Å². The first-order valence-corrected chi connectivity index (χ1v) is 10.7. The molecule has 1 aromatic carbocycles. The SMILES string of the molecule is CC1CN(C(=O)c2ccc3c(c2)S(=O)(=O)N(CC2CCCO2)C3=O)CCN1. The van der Waals surface area contributed by atoms with Crippen molar-refractivity contribution in [2.75, 3.05) is 32.8 Å². The molecule has 8 nitrogen and oxygen atoms in total. The summed E-state index contributed by atoms with van der Waals surface area (Å²) in [5.74, 6) is -0.762. The Bertz CT molecular complexity index is 879. The molecule has 4 rings (SSSR count). The number of fused-ring (bicyclic) bond motifs is 1. The van der Waals surface area contributed by atoms with E-state index in [4.69, 9.17) is 4.74 Å². The Morgan fingerprint density at radius 2 is 2.19 bits per heavy atom. The van der Waals surface area contributed by atoms with Crippen LogP contribution in [0.5, 0.6) is 0 Å². The average molecular weight is 393 g/mol. The van der Waals surface area contributed by atoms with Crippen LogP contribution < -0.4 is 5.32 Å². The van der Waals surface area contributed by atoms with Crippen LogP contribution in [0.4, 0.5) is 0 Å². The van der Waals surface area contributed by atoms with Crippen LogP contribution in [0.15, 0.2) is 23.1 Å². The highest BCUT2D eigenvalue weighted by Gasteiger charge is 2.43. The maximum atomic E-state index is 12.9. The van der Waals surface area contributed by atoms with Crippen LogP contribution in [0.3, 0.4) is 0 Å². The number of benzene rings is 1. The van der Waals surface area contributed by atoms with Gasteiger partial charge in [-0.05, 0) is 38.0 Å². The van der Waals surface area contributed by atoms with Gasteiger partial charge in [-0.1, -0.05) is 0 Å². The van der Waals surface area contributed by atoms with Crippen molar-refractivity contribution < 1.29 is 22.7 Å². The molecule has 2 unspecified atom stereocenters. The molecular weight excluding hydrogens is 370 g/mol. The quantitative estimate of drug-likeness (QED) is 0.801. The van der Waals surface area contributed by atoms with E-state index in [1.807, 2.05) is 6.92 Å². The highest BCUT2D eigenvalue weighted by atomic mass is 32.2. The van der Waals surface area contributed by atoms with Crippen molar-refractivity contribution >= 4 is 21.8 Å². The number of nitrogens with zero attached hydrogens (tertiary/aromatic N) is 2. The van der Waals surface area contributed by atoms with Crippen LogP contribution in [0.25, 0.3) is 0 Å². The number of ether oxygens (including phenoxy) is 1. The Morgan fingerprint density at radius 3 is 2.89 bits per heavy atom. The number of hydrogen-bond donors (Lipinski definition) is 1. The molecule has 2 atom stereocenters. The third kappa shape index (κ3) is 3.24. The fourth-order valence-corrected chi connectivity index (χ4v) is 5.49. The fourth-order valence-electron chi connectivity index (χ4n) is 3.86. The maximum Gasteiger partial charge on any atom is 0.269 e. The largest absolute Gasteiger partial charge is 0.376 e. The third-order valence-corrected chi connectivity index (χ3v) is 7.09. The zero-order valence-electron chi connectivity index (χ0n) is 15.2. The van der Waals surface area contributed by atoms with Gasteiger partial charge in [0, 0.05) is 37.8 Å². The van der Waals surface area contributed by atoms with Gasteiger partial charge in [0.1, 0.15) is 4.90 Å². The van der Waals surface area contributed by atoms with Crippen molar-refractivity contribution in [1.29, 1.82) is 0 Å². The monoisotopic (exact) mass is 393 g/mol. The van der Waals surface area contributed by atoms with Crippen LogP contribution in [0, 0.1) is 0 Å². The normalized spacial score (nSPS) is 27.1. The first-order chi connectivity index (χ1) is 12.9. The summed E-state index contributed by atoms with van der Waals surface area (Å²) in [6.45, 7) is 4.43. The van der Waals surface area contributed by atoms with Crippen molar-refractivity contribution in [3.05, 3.63) is 29.3 Å². The summed E-state index contributed by atoms with van der Waals surface area (Å²) in [6, 6.07) is 4.51. The minimum atomic E-state index is -3.96. The molecule has 3 heterocycles. The number of rotatable bonds is 3. The number of nitrogens with one attached hydrogen (secondary N) is 1. The Kier molecular flexibility index (Phi) is 4.69. The van der Waals surface area contributed by atoms with E-state index in [9.17, 15) is 18.0 Å². The van der Waals surface area contributed by atoms with E-state index < -0.39 is 15.9 Å². The Balaban J connectivity index is 1.61. The number of carbonyl (C=O) groups is 2. The second-order valence-corrected chi connectivity index (χ2v) is 9.12. The lowest BCUT2D eigenvalue weighted by Crippen LogP contribution is -2.51. The van der Waals surface area contributed by atoms with Crippen LogP contribution in [0.2, 0.25) is 0 Å². The molecule has 1 aromatic rings. The van der Waals surface area contributed by atoms with E-state index >= 15 is 0 Å². The molecule has 2 amide bonds. The lowest BCUT2D eigenvalue weighted by Gasteiger charge is -2.32. The molecule has 0 aliphatic carbocycles. The zero-order valence-corrected chi connectivity index (χ0v) is 16.0. The van der Waals surface area contributed by atoms with Gasteiger partial charge in [0.2, 0.25) is 0 Å². The number of piperazine rings is 1. The lowest BCUT2D eigenvalue weighted by molar-refractivity contribution is 0.0701. The molecule has 9 heteroatoms. The van der Waals surface area contributed by atoms with E-state index in [-0.39, 0.29) is 40.6 Å². The summed E-state index contributed by atoms with van der Waals surface area (Å²) < 4.78 is 32.2. The van der Waals surface area contributed by atoms with Crippen molar-refractivity contribution in [2.45, 2.75) is 36.8 Å². The molecular formula is C18H23N3O5S. The molecule has 2 fully saturated rings. The van der Waals surface area contributed by atoms with E-state index in [1.165, 1.54) is 18.2 Å². The minimum absolute atomic E-state index is 0.0223. The summed E-state index contributed by atoms with van der Waals surface area (Å²) in [4.78, 5) is 27.0. The van der Waals surface area contributed by atoms with Gasteiger partial charge >= 0.3 is 0 Å². The molecule has 0 saturated carbocycles. The minimum Gasteiger partial charge on any atom is -0.376 e. The van der Waals surface area contributed by atoms with Crippen molar-refractivity contribution in [1.82, 2.24) is 14.5 Å². The van der Waals surface area contributed by atoms with E-state index in [0.717, 1.165) is 17.1 Å². The van der Waals surface area contributed by atoms with Crippen molar-refractivity contribution in [2.24, 2.45) is 0 Å². The molecule has 3 aliphatic rings. The number of hydrogen-bond acceptors (Lipinski definition) is 6. The zero-order chi connectivity index (χ0) is 19.2. The summed E-state index contributed by atoms with van der Waals surface area (Å²) in [5.41, 5.74) is 0.413. The van der Waals surface area contributed by atoms with Crippen molar-refractivity contribution in [3.63, 3.8) is 0 Å². The first kappa shape index (κ1) is 18.4. The standard InChI is InChI=1S/C18H23N3O5S/c1-12-10-20(7-6-19-12)17(22)13-4-5-15-16(9-13)27(24,25)21(18(15)23)11-14-3-2-8-26-14/h4-5,9,12,14,19H,2-3,6-8,10-11H2,1H3. The highest BCUT2D eigenvalue weighted by molar-refractivity contribution is 7.90. The molecule has 2 saturated heterocycles. The highest BCUT2D eigenvalue weighted by Crippen LogP contribution is 2.32. The van der Waals surface area contributed by atoms with E-state index in [2.05, 4.69) is 5.32 Å². The Hall–Kier alpha value is -1.97. The molecule has 0 bridgehead atoms. The fraction of sp³-hybridized carbons (Fsp3) is 0.556. The van der Waals surface area contributed by atoms with Crippen LogP contribution in [-0.2, 0) is 14.8 Å². The van der Waals surface area contributed by atoms with Gasteiger partial charge in [-0.25, -0.2) is 12.7 Å². The number of sulfonamides is 1. The summed E-state index contributed by atoms with van der Waals surface area (Å²) >= 11 is 0. The molecule has 3 aliphatic heterocycles. The van der Waals surface area contributed by atoms with E-state index in [1.54, 1.807) is 4.90 Å². The third-order valence-electron chi connectivity index (χ3n) is 5.30. The molecule has 146 valence electrons. The smallest absolute Gasteiger partial charge is 0.269 e. The van der Waals surface area contributed by atoms with Gasteiger partial charge in [-0.2, -0.15) is 0 Å². The van der Waals surface area contributed by atoms with Gasteiger partial charge in [0.05, 0.1) is 18.2 Å². The summed E-state index contributed by atoms with van der Waals surface area (Å²) in [6.07, 6.45) is 1.34. The molecule has 0 spiro atoms. The average Bonchev–Trinajstić information content (AvgIpc) is 3.23. The number of amides is 2. The van der Waals surface area contributed by atoms with E-state index in [0.29, 0.717) is 26.2 Å². The maximum absolute atomic E-state index is 12.9. The molecule has 0 aromatic heterocycles. The van der Waals surface area contributed by atoms with Gasteiger partial charge in [-0.15, -0.1) is 0 Å². The van der Waals surface area contributed by atoms with Crippen molar-refractivity contribution in [3.8, 4) is 0 Å². The Labute approximate surface area is 158 Å². The van der Waals surface area contributed by atoms with Gasteiger partial charge < -0.3 is 15.0 Å². The molecule has 0 radical (unpaired) electrons. The lowest BCUT2D eigenvalue weighted by atomic mass is 10.1. The Morgan fingerprint density at radius 1 is 1.37 bits per heavy atom. The first-order valence-electron chi connectivity index (χ1n) is 9.23. The van der Waals surface area contributed by atoms with Gasteiger partial charge in [-0.3, -0.25) is 9.59 Å². The second-order valence-electron chi connectivity index (χ2n) is 7.29. The summed E-state index contributed by atoms with van der Waals surface area (Å²) in [7, 11) is -3.96. The van der Waals surface area contributed by atoms with Gasteiger partial charge in [0.25, 0.3) is 21.8 Å². The number of carbonyl (C=O) groups excluding carboxylic acids is 2.